The summed E-state index contributed by atoms with van der Waals surface area (Å²) in [7, 11) is 0. The molecule has 0 radical (unpaired) electrons. The van der Waals surface area contributed by atoms with Crippen LogP contribution in [0.25, 0.3) is 10.8 Å². The zero-order valence-electron chi connectivity index (χ0n) is 15.1. The zero-order valence-corrected chi connectivity index (χ0v) is 15.1. The van der Waals surface area contributed by atoms with Crippen LogP contribution >= 0.6 is 0 Å². The van der Waals surface area contributed by atoms with Gasteiger partial charge in [-0.25, -0.2) is 14.3 Å². The molecule has 11 nitrogen and oxygen atoms in total. The van der Waals surface area contributed by atoms with Crippen LogP contribution in [0.15, 0.2) is 29.1 Å². The van der Waals surface area contributed by atoms with Gasteiger partial charge < -0.3 is 10.4 Å². The molecule has 1 saturated heterocycles. The van der Waals surface area contributed by atoms with Gasteiger partial charge in [-0.3, -0.25) is 19.8 Å². The molecule has 11 heteroatoms. The smallest absolute Gasteiger partial charge is 0.357 e. The van der Waals surface area contributed by atoms with Gasteiger partial charge in [0.05, 0.1) is 5.39 Å². The number of carboxylic acids is 1. The number of carbonyl (C=O) groups is 4. The van der Waals surface area contributed by atoms with E-state index in [0.717, 1.165) is 0 Å². The summed E-state index contributed by atoms with van der Waals surface area (Å²) in [6.45, 7) is 2.55. The van der Waals surface area contributed by atoms with Gasteiger partial charge >= 0.3 is 12.0 Å². The number of aromatic carboxylic acids is 1. The Hall–Kier alpha value is -3.76. The summed E-state index contributed by atoms with van der Waals surface area (Å²) >= 11 is 0. The van der Waals surface area contributed by atoms with Gasteiger partial charge in [-0.1, -0.05) is 25.1 Å². The van der Waals surface area contributed by atoms with Crippen molar-refractivity contribution in [3.05, 3.63) is 40.3 Å². The van der Waals surface area contributed by atoms with Crippen molar-refractivity contribution in [1.29, 1.82) is 0 Å². The average Bonchev–Trinajstić information content (AvgIpc) is 2.87. The summed E-state index contributed by atoms with van der Waals surface area (Å²) in [6, 6.07) is 5.18. The first-order chi connectivity index (χ1) is 13.2. The van der Waals surface area contributed by atoms with Crippen LogP contribution < -0.4 is 16.3 Å². The lowest BCUT2D eigenvalue weighted by atomic mass is 10.00. The van der Waals surface area contributed by atoms with E-state index in [4.69, 9.17) is 0 Å². The van der Waals surface area contributed by atoms with Crippen molar-refractivity contribution < 1.29 is 24.3 Å². The Labute approximate surface area is 157 Å². The van der Waals surface area contributed by atoms with Crippen molar-refractivity contribution in [3.63, 3.8) is 0 Å². The molecule has 1 fully saturated rings. The van der Waals surface area contributed by atoms with E-state index in [-0.39, 0.29) is 10.8 Å². The molecular formula is C17H17N5O6. The number of benzene rings is 1. The van der Waals surface area contributed by atoms with Crippen molar-refractivity contribution in [2.24, 2.45) is 0 Å². The number of fused-ring (bicyclic) bond motifs is 1. The van der Waals surface area contributed by atoms with Crippen molar-refractivity contribution >= 4 is 34.6 Å². The SMILES string of the molecule is CC[C@@]1(C)NC(=O)N(NC(=O)Cn2nc(C(=O)O)c3ccccc3c2=O)C1=O. The molecule has 0 aliphatic carbocycles. The minimum absolute atomic E-state index is 0.0799. The number of aromatic nitrogens is 2. The van der Waals surface area contributed by atoms with Crippen molar-refractivity contribution in [3.8, 4) is 0 Å². The quantitative estimate of drug-likeness (QED) is 0.603. The fourth-order valence-corrected chi connectivity index (χ4v) is 2.82. The molecule has 28 heavy (non-hydrogen) atoms. The third-order valence-electron chi connectivity index (χ3n) is 4.57. The first kappa shape index (κ1) is 19.0. The largest absolute Gasteiger partial charge is 0.476 e. The summed E-state index contributed by atoms with van der Waals surface area (Å²) in [5.41, 5.74) is -0.0807. The van der Waals surface area contributed by atoms with E-state index in [1.807, 2.05) is 0 Å². The fraction of sp³-hybridized carbons (Fsp3) is 0.294. The van der Waals surface area contributed by atoms with Crippen LogP contribution in [0.2, 0.25) is 0 Å². The lowest BCUT2D eigenvalue weighted by molar-refractivity contribution is -0.139. The third kappa shape index (κ3) is 3.06. The Kier molecular flexibility index (Phi) is 4.59. The van der Waals surface area contributed by atoms with Crippen LogP contribution in [-0.2, 0) is 16.1 Å². The Morgan fingerprint density at radius 3 is 2.43 bits per heavy atom. The molecule has 3 N–H and O–H groups in total. The highest BCUT2D eigenvalue weighted by Crippen LogP contribution is 2.19. The van der Waals surface area contributed by atoms with E-state index >= 15 is 0 Å². The maximum Gasteiger partial charge on any atom is 0.357 e. The van der Waals surface area contributed by atoms with Crippen molar-refractivity contribution in [1.82, 2.24) is 25.5 Å². The first-order valence-electron chi connectivity index (χ1n) is 8.37. The molecule has 1 aliphatic rings. The summed E-state index contributed by atoms with van der Waals surface area (Å²) in [6.07, 6.45) is 0.317. The van der Waals surface area contributed by atoms with Gasteiger partial charge in [0, 0.05) is 5.39 Å². The van der Waals surface area contributed by atoms with Gasteiger partial charge in [-0.2, -0.15) is 10.1 Å². The number of nitrogens with zero attached hydrogens (tertiary/aromatic N) is 3. The molecule has 4 amide bonds. The molecule has 1 aromatic carbocycles. The highest BCUT2D eigenvalue weighted by atomic mass is 16.4. The van der Waals surface area contributed by atoms with E-state index < -0.39 is 47.2 Å². The topological polar surface area (TPSA) is 151 Å². The Bertz CT molecular complexity index is 1080. The van der Waals surface area contributed by atoms with E-state index in [2.05, 4.69) is 15.8 Å². The predicted octanol–water partition coefficient (Wildman–Crippen LogP) is -0.154. The molecular weight excluding hydrogens is 370 g/mol. The molecule has 0 spiro atoms. The van der Waals surface area contributed by atoms with E-state index in [1.165, 1.54) is 19.1 Å². The molecule has 0 bridgehead atoms. The Morgan fingerprint density at radius 2 is 1.86 bits per heavy atom. The van der Waals surface area contributed by atoms with Gasteiger partial charge in [-0.15, -0.1) is 0 Å². The summed E-state index contributed by atoms with van der Waals surface area (Å²) in [5, 5.41) is 16.3. The number of hydrogen-bond acceptors (Lipinski definition) is 6. The predicted molar refractivity (Wildman–Crippen MR) is 95.2 cm³/mol. The number of imide groups is 1. The molecule has 2 heterocycles. The number of urea groups is 1. The standard InChI is InChI=1S/C17H17N5O6/c1-3-17(2)15(27)22(16(28)18-17)19-11(23)8-21-13(24)10-7-5-4-6-9(10)12(20-21)14(25)26/h4-7H,3,8H2,1-2H3,(H,18,28)(H,19,23)(H,25,26)/t17-/m1/s1. The van der Waals surface area contributed by atoms with Crippen LogP contribution in [0.5, 0.6) is 0 Å². The number of carbonyl (C=O) groups excluding carboxylic acids is 3. The van der Waals surface area contributed by atoms with Crippen LogP contribution in [0, 0.1) is 0 Å². The Balaban J connectivity index is 1.89. The van der Waals surface area contributed by atoms with Gasteiger partial charge in [0.2, 0.25) is 0 Å². The zero-order chi connectivity index (χ0) is 20.6. The van der Waals surface area contributed by atoms with E-state index in [9.17, 15) is 29.1 Å². The fourth-order valence-electron chi connectivity index (χ4n) is 2.82. The van der Waals surface area contributed by atoms with E-state index in [0.29, 0.717) is 16.1 Å². The maximum atomic E-state index is 12.5. The lowest BCUT2D eigenvalue weighted by Crippen LogP contribution is -2.50. The van der Waals surface area contributed by atoms with Crippen molar-refractivity contribution in [2.75, 3.05) is 0 Å². The van der Waals surface area contributed by atoms with E-state index in [1.54, 1.807) is 19.1 Å². The van der Waals surface area contributed by atoms with Crippen molar-refractivity contribution in [2.45, 2.75) is 32.4 Å². The second-order valence-electron chi connectivity index (χ2n) is 6.45. The number of amides is 4. The molecule has 146 valence electrons. The number of nitrogens with one attached hydrogen (secondary N) is 2. The number of hydrogen-bond donors (Lipinski definition) is 3. The molecule has 2 aromatic rings. The molecule has 0 saturated carbocycles. The monoisotopic (exact) mass is 387 g/mol. The average molecular weight is 387 g/mol. The number of carboxylic acid groups (broad SMARTS) is 1. The minimum atomic E-state index is -1.36. The molecule has 0 unspecified atom stereocenters. The summed E-state index contributed by atoms with van der Waals surface area (Å²) in [5.74, 6) is -2.89. The molecule has 3 rings (SSSR count). The minimum Gasteiger partial charge on any atom is -0.476 e. The van der Waals surface area contributed by atoms with Gasteiger partial charge in [-0.05, 0) is 19.4 Å². The second kappa shape index (κ2) is 6.76. The third-order valence-corrected chi connectivity index (χ3v) is 4.57. The Morgan fingerprint density at radius 1 is 1.21 bits per heavy atom. The molecule has 1 aromatic heterocycles. The van der Waals surface area contributed by atoms with Gasteiger partial charge in [0.1, 0.15) is 12.1 Å². The first-order valence-corrected chi connectivity index (χ1v) is 8.37. The molecule has 1 aliphatic heterocycles. The molecule has 1 atom stereocenters. The summed E-state index contributed by atoms with van der Waals surface area (Å²) in [4.78, 5) is 60.5. The van der Waals surface area contributed by atoms with Crippen LogP contribution in [0.1, 0.15) is 30.8 Å². The van der Waals surface area contributed by atoms with Crippen LogP contribution in [0.3, 0.4) is 0 Å². The number of rotatable bonds is 5. The van der Waals surface area contributed by atoms with Gasteiger partial charge in [0.15, 0.2) is 5.69 Å². The summed E-state index contributed by atoms with van der Waals surface area (Å²) < 4.78 is 0.679. The highest BCUT2D eigenvalue weighted by Gasteiger charge is 2.47. The lowest BCUT2D eigenvalue weighted by Gasteiger charge is -2.19. The van der Waals surface area contributed by atoms with Crippen LogP contribution in [-0.4, -0.2) is 49.2 Å². The van der Waals surface area contributed by atoms with Gasteiger partial charge in [0.25, 0.3) is 17.4 Å². The van der Waals surface area contributed by atoms with Crippen LogP contribution in [0.4, 0.5) is 4.79 Å². The highest BCUT2D eigenvalue weighted by molar-refractivity contribution is 6.07. The number of hydrazine groups is 1. The maximum absolute atomic E-state index is 12.5. The normalized spacial score (nSPS) is 19.0. The second-order valence-corrected chi connectivity index (χ2v) is 6.45.